The summed E-state index contributed by atoms with van der Waals surface area (Å²) in [6, 6.07) is 20.1. The van der Waals surface area contributed by atoms with Gasteiger partial charge >= 0.3 is 0 Å². The number of rotatable bonds is 6. The van der Waals surface area contributed by atoms with Gasteiger partial charge in [-0.2, -0.15) is 0 Å². The molecule has 5 nitrogen and oxygen atoms in total. The van der Waals surface area contributed by atoms with Gasteiger partial charge in [0.05, 0.1) is 23.8 Å². The lowest BCUT2D eigenvalue weighted by atomic mass is 9.83. The maximum atomic E-state index is 13.2. The van der Waals surface area contributed by atoms with Gasteiger partial charge in [0.25, 0.3) is 5.91 Å². The number of amides is 2. The minimum absolute atomic E-state index is 0.0128. The number of hydrogen-bond acceptors (Lipinski definition) is 3. The molecule has 1 N–H and O–H groups in total. The summed E-state index contributed by atoms with van der Waals surface area (Å²) in [6.45, 7) is 5.12. The highest BCUT2D eigenvalue weighted by molar-refractivity contribution is 5.94. The Morgan fingerprint density at radius 1 is 1.06 bits per heavy atom. The highest BCUT2D eigenvalue weighted by Gasteiger charge is 2.35. The summed E-state index contributed by atoms with van der Waals surface area (Å²) < 4.78 is 5.11. The minimum Gasteiger partial charge on any atom is -0.472 e. The molecule has 5 heteroatoms. The first-order chi connectivity index (χ1) is 15.5. The van der Waals surface area contributed by atoms with E-state index >= 15 is 0 Å². The predicted octanol–water partition coefficient (Wildman–Crippen LogP) is 4.97. The van der Waals surface area contributed by atoms with Gasteiger partial charge in [-0.25, -0.2) is 0 Å². The largest absolute Gasteiger partial charge is 0.472 e. The second kappa shape index (κ2) is 9.86. The molecular formula is C27H30N2O3. The molecule has 0 aliphatic carbocycles. The lowest BCUT2D eigenvalue weighted by molar-refractivity contribution is -0.127. The normalized spacial score (nSPS) is 19.4. The summed E-state index contributed by atoms with van der Waals surface area (Å²) in [7, 11) is 0. The molecule has 1 aromatic heterocycles. The zero-order valence-corrected chi connectivity index (χ0v) is 18.7. The molecule has 0 unspecified atom stereocenters. The number of nitrogens with zero attached hydrogens (tertiary/aromatic N) is 1. The summed E-state index contributed by atoms with van der Waals surface area (Å²) in [5.74, 6) is -0.279. The van der Waals surface area contributed by atoms with E-state index in [4.69, 9.17) is 4.42 Å². The van der Waals surface area contributed by atoms with Crippen LogP contribution in [0, 0.1) is 5.92 Å². The first-order valence-electron chi connectivity index (χ1n) is 11.3. The number of carbonyl (C=O) groups is 2. The molecule has 166 valence electrons. The molecule has 2 aromatic carbocycles. The van der Waals surface area contributed by atoms with Crippen LogP contribution in [0.4, 0.5) is 0 Å². The Kier molecular flexibility index (Phi) is 6.74. The van der Waals surface area contributed by atoms with Gasteiger partial charge in [0.15, 0.2) is 0 Å². The van der Waals surface area contributed by atoms with Crippen LogP contribution in [0.2, 0.25) is 0 Å². The van der Waals surface area contributed by atoms with E-state index in [9.17, 15) is 9.59 Å². The summed E-state index contributed by atoms with van der Waals surface area (Å²) in [6.07, 6.45) is 4.67. The third-order valence-corrected chi connectivity index (χ3v) is 6.39. The topological polar surface area (TPSA) is 62.6 Å². The number of likely N-dealkylation sites (tertiary alicyclic amines) is 1. The Morgan fingerprint density at radius 3 is 2.47 bits per heavy atom. The van der Waals surface area contributed by atoms with E-state index in [1.54, 1.807) is 11.0 Å². The van der Waals surface area contributed by atoms with E-state index in [0.29, 0.717) is 25.1 Å². The van der Waals surface area contributed by atoms with Crippen LogP contribution in [0.5, 0.6) is 0 Å². The average Bonchev–Trinajstić information content (AvgIpc) is 3.39. The predicted molar refractivity (Wildman–Crippen MR) is 124 cm³/mol. The molecule has 1 aliphatic rings. The smallest absolute Gasteiger partial charge is 0.257 e. The van der Waals surface area contributed by atoms with Crippen LogP contribution < -0.4 is 5.32 Å². The number of furan rings is 1. The van der Waals surface area contributed by atoms with Crippen molar-refractivity contribution in [1.29, 1.82) is 0 Å². The summed E-state index contributed by atoms with van der Waals surface area (Å²) in [5, 5.41) is 3.15. The van der Waals surface area contributed by atoms with Crippen molar-refractivity contribution in [2.75, 3.05) is 13.1 Å². The van der Waals surface area contributed by atoms with Crippen molar-refractivity contribution in [3.8, 4) is 0 Å². The zero-order valence-electron chi connectivity index (χ0n) is 18.7. The average molecular weight is 431 g/mol. The Bertz CT molecular complexity index is 1030. The Labute approximate surface area is 189 Å². The van der Waals surface area contributed by atoms with Crippen molar-refractivity contribution in [2.45, 2.75) is 38.6 Å². The third kappa shape index (κ3) is 4.93. The molecule has 0 radical (unpaired) electrons. The molecular weight excluding hydrogens is 400 g/mol. The van der Waals surface area contributed by atoms with E-state index < -0.39 is 0 Å². The molecule has 3 aromatic rings. The van der Waals surface area contributed by atoms with Crippen molar-refractivity contribution < 1.29 is 14.0 Å². The van der Waals surface area contributed by atoms with E-state index in [2.05, 4.69) is 36.5 Å². The number of piperidine rings is 1. The van der Waals surface area contributed by atoms with Crippen LogP contribution in [0.3, 0.4) is 0 Å². The Balaban J connectivity index is 1.54. The van der Waals surface area contributed by atoms with Crippen LogP contribution in [-0.4, -0.2) is 29.8 Å². The van der Waals surface area contributed by atoms with Gasteiger partial charge < -0.3 is 14.6 Å². The lowest BCUT2D eigenvalue weighted by Gasteiger charge is -2.37. The molecule has 1 aliphatic heterocycles. The maximum Gasteiger partial charge on any atom is 0.257 e. The molecule has 32 heavy (non-hydrogen) atoms. The zero-order chi connectivity index (χ0) is 22.5. The minimum atomic E-state index is -0.276. The van der Waals surface area contributed by atoms with Gasteiger partial charge in [0.2, 0.25) is 5.91 Å². The maximum absolute atomic E-state index is 13.2. The molecule has 1 saturated heterocycles. The SMILES string of the molecule is CCc1ccc([C@@H]2C[C@H](C(=O)N[C@H](C)c3ccccc3)CN(C(=O)c3ccoc3)C2)cc1. The molecule has 2 amide bonds. The first-order valence-corrected chi connectivity index (χ1v) is 11.3. The van der Waals surface area contributed by atoms with Gasteiger partial charge in [-0.1, -0.05) is 61.5 Å². The van der Waals surface area contributed by atoms with Crippen LogP contribution in [0.1, 0.15) is 59.3 Å². The molecule has 0 saturated carbocycles. The molecule has 0 bridgehead atoms. The highest BCUT2D eigenvalue weighted by Crippen LogP contribution is 2.32. The number of nitrogens with one attached hydrogen (secondary N) is 1. The Morgan fingerprint density at radius 2 is 1.81 bits per heavy atom. The summed E-state index contributed by atoms with van der Waals surface area (Å²) in [4.78, 5) is 28.1. The molecule has 0 spiro atoms. The van der Waals surface area contributed by atoms with Crippen molar-refractivity contribution in [1.82, 2.24) is 10.2 Å². The quantitative estimate of drug-likeness (QED) is 0.601. The van der Waals surface area contributed by atoms with Crippen LogP contribution >= 0.6 is 0 Å². The van der Waals surface area contributed by atoms with Crippen molar-refractivity contribution >= 4 is 11.8 Å². The monoisotopic (exact) mass is 430 g/mol. The fraction of sp³-hybridized carbons (Fsp3) is 0.333. The van der Waals surface area contributed by atoms with E-state index in [1.807, 2.05) is 37.3 Å². The van der Waals surface area contributed by atoms with Crippen molar-refractivity contribution in [3.05, 3.63) is 95.4 Å². The van der Waals surface area contributed by atoms with E-state index in [1.165, 1.54) is 23.7 Å². The van der Waals surface area contributed by atoms with Gasteiger partial charge in [-0.05, 0) is 42.5 Å². The molecule has 2 heterocycles. The standard InChI is InChI=1S/C27H30N2O3/c1-3-20-9-11-22(12-10-20)24-15-25(17-29(16-24)27(31)23-13-14-32-18-23)26(30)28-19(2)21-7-5-4-6-8-21/h4-14,18-19,24-25H,3,15-17H2,1-2H3,(H,28,30)/t19-,24-,25+/m1/s1. The first kappa shape index (κ1) is 21.9. The van der Waals surface area contributed by atoms with Crippen LogP contribution in [0.15, 0.2) is 77.6 Å². The van der Waals surface area contributed by atoms with Gasteiger partial charge in [-0.3, -0.25) is 9.59 Å². The van der Waals surface area contributed by atoms with Crippen molar-refractivity contribution in [3.63, 3.8) is 0 Å². The highest BCUT2D eigenvalue weighted by atomic mass is 16.3. The lowest BCUT2D eigenvalue weighted by Crippen LogP contribution is -2.48. The second-order valence-corrected chi connectivity index (χ2v) is 8.59. The number of hydrogen-bond donors (Lipinski definition) is 1. The van der Waals surface area contributed by atoms with E-state index in [0.717, 1.165) is 12.0 Å². The second-order valence-electron chi connectivity index (χ2n) is 8.59. The number of carbonyl (C=O) groups excluding carboxylic acids is 2. The fourth-order valence-corrected chi connectivity index (χ4v) is 4.45. The van der Waals surface area contributed by atoms with E-state index in [-0.39, 0.29) is 29.7 Å². The van der Waals surface area contributed by atoms with Crippen LogP contribution in [0.25, 0.3) is 0 Å². The van der Waals surface area contributed by atoms with Gasteiger partial charge in [0, 0.05) is 19.0 Å². The van der Waals surface area contributed by atoms with Crippen LogP contribution in [-0.2, 0) is 11.2 Å². The van der Waals surface area contributed by atoms with Crippen molar-refractivity contribution in [2.24, 2.45) is 5.92 Å². The van der Waals surface area contributed by atoms with Gasteiger partial charge in [-0.15, -0.1) is 0 Å². The molecule has 4 rings (SSSR count). The number of aryl methyl sites for hydroxylation is 1. The fourth-order valence-electron chi connectivity index (χ4n) is 4.45. The summed E-state index contributed by atoms with van der Waals surface area (Å²) >= 11 is 0. The molecule has 3 atom stereocenters. The van der Waals surface area contributed by atoms with Gasteiger partial charge in [0.1, 0.15) is 6.26 Å². The summed E-state index contributed by atoms with van der Waals surface area (Å²) in [5.41, 5.74) is 4.03. The Hall–Kier alpha value is -3.34. The molecule has 1 fully saturated rings. The third-order valence-electron chi connectivity index (χ3n) is 6.39. The number of benzene rings is 2.